The Morgan fingerprint density at radius 1 is 1.30 bits per heavy atom. The highest BCUT2D eigenvalue weighted by Gasteiger charge is 2.34. The molecule has 0 saturated carbocycles. The lowest BCUT2D eigenvalue weighted by molar-refractivity contribution is -0.114. The minimum absolute atomic E-state index is 0.00835. The third-order valence-corrected chi connectivity index (χ3v) is 4.54. The van der Waals surface area contributed by atoms with Crippen molar-refractivity contribution in [3.05, 3.63) is 81.8 Å². The molecule has 0 saturated heterocycles. The zero-order valence-electron chi connectivity index (χ0n) is 15.5. The Morgan fingerprint density at radius 2 is 2.07 bits per heavy atom. The molecule has 2 aromatic carbocycles. The predicted octanol–water partition coefficient (Wildman–Crippen LogP) is 4.15. The largest absolute Gasteiger partial charge is 0.421 e. The van der Waals surface area contributed by atoms with Gasteiger partial charge in [0.2, 0.25) is 0 Å². The van der Waals surface area contributed by atoms with Crippen molar-refractivity contribution in [2.24, 2.45) is 4.99 Å². The maximum Gasteiger partial charge on any atom is 0.346 e. The van der Waals surface area contributed by atoms with Crippen LogP contribution in [0.1, 0.15) is 22.8 Å². The highest BCUT2D eigenvalue weighted by Crippen LogP contribution is 2.29. The van der Waals surface area contributed by atoms with Crippen molar-refractivity contribution in [1.82, 2.24) is 5.06 Å². The molecule has 9 heteroatoms. The fraction of sp³-hybridized carbons (Fsp3) is 0.0476. The predicted molar refractivity (Wildman–Crippen MR) is 108 cm³/mol. The fourth-order valence-corrected chi connectivity index (χ4v) is 3.07. The zero-order valence-corrected chi connectivity index (χ0v) is 16.2. The average Bonchev–Trinajstić information content (AvgIpc) is 3.07. The van der Waals surface area contributed by atoms with Gasteiger partial charge in [0.05, 0.1) is 16.2 Å². The molecule has 1 N–H and O–H groups in total. The standard InChI is InChI=1S/C21H13ClFN3O4/c1-11-8-18-25-20(27)14(19(24)26(18)30-11)9-12-6-7-17(15(22)10-12)29-21(28)13-4-2-3-5-16(13)23/h2-10,24H,1H3/b14-9+,24-19?. The third-order valence-electron chi connectivity index (χ3n) is 4.24. The van der Waals surface area contributed by atoms with Gasteiger partial charge in [-0.2, -0.15) is 4.99 Å². The van der Waals surface area contributed by atoms with E-state index in [4.69, 9.17) is 26.6 Å². The lowest BCUT2D eigenvalue weighted by atomic mass is 10.1. The Bertz CT molecular complexity index is 1200. The van der Waals surface area contributed by atoms with Crippen molar-refractivity contribution in [2.45, 2.75) is 6.92 Å². The van der Waals surface area contributed by atoms with Crippen LogP contribution in [0, 0.1) is 11.2 Å². The van der Waals surface area contributed by atoms with E-state index in [1.165, 1.54) is 42.5 Å². The van der Waals surface area contributed by atoms with Crippen LogP contribution in [0.2, 0.25) is 5.02 Å². The fourth-order valence-electron chi connectivity index (χ4n) is 2.84. The first-order chi connectivity index (χ1) is 14.3. The van der Waals surface area contributed by atoms with E-state index in [0.717, 1.165) is 11.1 Å². The number of benzene rings is 2. The Kier molecular flexibility index (Phi) is 4.93. The molecule has 2 aliphatic rings. The Morgan fingerprint density at radius 3 is 2.80 bits per heavy atom. The maximum absolute atomic E-state index is 13.7. The minimum Gasteiger partial charge on any atom is -0.421 e. The molecular weight excluding hydrogens is 413 g/mol. The zero-order chi connectivity index (χ0) is 21.4. The van der Waals surface area contributed by atoms with E-state index in [1.54, 1.807) is 13.0 Å². The molecule has 7 nitrogen and oxygen atoms in total. The summed E-state index contributed by atoms with van der Waals surface area (Å²) in [5.74, 6) is -1.56. The van der Waals surface area contributed by atoms with Crippen molar-refractivity contribution >= 4 is 41.2 Å². The summed E-state index contributed by atoms with van der Waals surface area (Å²) in [7, 11) is 0. The topological polar surface area (TPSA) is 92.0 Å². The van der Waals surface area contributed by atoms with Gasteiger partial charge in [0.25, 0.3) is 5.91 Å². The number of aliphatic imine (C=N–C) groups is 1. The average molecular weight is 426 g/mol. The summed E-state index contributed by atoms with van der Waals surface area (Å²) >= 11 is 6.19. The van der Waals surface area contributed by atoms with Crippen LogP contribution in [0.15, 0.2) is 64.9 Å². The molecule has 30 heavy (non-hydrogen) atoms. The number of carbonyl (C=O) groups excluding carboxylic acids is 2. The van der Waals surface area contributed by atoms with Gasteiger partial charge in [0.1, 0.15) is 17.3 Å². The highest BCUT2D eigenvalue weighted by atomic mass is 35.5. The first-order valence-electron chi connectivity index (χ1n) is 8.70. The summed E-state index contributed by atoms with van der Waals surface area (Å²) in [6.07, 6.45) is 2.98. The van der Waals surface area contributed by atoms with E-state index in [0.29, 0.717) is 11.3 Å². The molecule has 4 rings (SSSR count). The van der Waals surface area contributed by atoms with Crippen molar-refractivity contribution in [3.63, 3.8) is 0 Å². The summed E-state index contributed by atoms with van der Waals surface area (Å²) in [6.45, 7) is 1.68. The van der Waals surface area contributed by atoms with Crippen molar-refractivity contribution in [2.75, 3.05) is 0 Å². The number of allylic oxidation sites excluding steroid dienone is 1. The summed E-state index contributed by atoms with van der Waals surface area (Å²) in [4.78, 5) is 33.7. The Labute approximate surface area is 175 Å². The first kappa shape index (κ1) is 19.5. The molecular formula is C21H13ClFN3O4. The van der Waals surface area contributed by atoms with Crippen LogP contribution in [0.3, 0.4) is 0 Å². The summed E-state index contributed by atoms with van der Waals surface area (Å²) in [5, 5.41) is 9.43. The molecule has 1 amide bonds. The van der Waals surface area contributed by atoms with Gasteiger partial charge in [0, 0.05) is 6.08 Å². The number of amides is 1. The molecule has 0 spiro atoms. The number of hydroxylamine groups is 2. The summed E-state index contributed by atoms with van der Waals surface area (Å²) in [5.41, 5.74) is 0.263. The molecule has 2 heterocycles. The number of esters is 1. The first-order valence-corrected chi connectivity index (χ1v) is 9.07. The van der Waals surface area contributed by atoms with E-state index in [-0.39, 0.29) is 33.6 Å². The van der Waals surface area contributed by atoms with Gasteiger partial charge in [-0.05, 0) is 42.8 Å². The molecule has 0 aliphatic carbocycles. The van der Waals surface area contributed by atoms with E-state index < -0.39 is 17.7 Å². The van der Waals surface area contributed by atoms with Crippen LogP contribution in [0.25, 0.3) is 6.08 Å². The van der Waals surface area contributed by atoms with Crippen LogP contribution >= 0.6 is 11.6 Å². The number of rotatable bonds is 3. The Balaban J connectivity index is 1.57. The molecule has 0 radical (unpaired) electrons. The lowest BCUT2D eigenvalue weighted by Crippen LogP contribution is -2.38. The van der Waals surface area contributed by atoms with E-state index in [9.17, 15) is 14.0 Å². The number of halogens is 2. The quantitative estimate of drug-likeness (QED) is 0.453. The molecule has 0 atom stereocenters. The summed E-state index contributed by atoms with van der Waals surface area (Å²) in [6, 6.07) is 9.83. The van der Waals surface area contributed by atoms with Gasteiger partial charge in [-0.3, -0.25) is 10.2 Å². The summed E-state index contributed by atoms with van der Waals surface area (Å²) < 4.78 is 18.9. The number of fused-ring (bicyclic) bond motifs is 1. The van der Waals surface area contributed by atoms with E-state index in [1.807, 2.05) is 0 Å². The highest BCUT2D eigenvalue weighted by molar-refractivity contribution is 6.33. The maximum atomic E-state index is 13.7. The molecule has 150 valence electrons. The second-order valence-corrected chi connectivity index (χ2v) is 6.79. The van der Waals surface area contributed by atoms with Gasteiger partial charge in [-0.25, -0.2) is 9.18 Å². The van der Waals surface area contributed by atoms with Crippen LogP contribution < -0.4 is 4.74 Å². The number of carbonyl (C=O) groups is 2. The second-order valence-electron chi connectivity index (χ2n) is 6.38. The monoisotopic (exact) mass is 425 g/mol. The lowest BCUT2D eigenvalue weighted by Gasteiger charge is -2.23. The van der Waals surface area contributed by atoms with Crippen LogP contribution in [0.4, 0.5) is 4.39 Å². The molecule has 0 bridgehead atoms. The SMILES string of the molecule is CC1=CC2=NC(=O)/C(=C/c3ccc(OC(=O)c4ccccc4F)c(Cl)c3)C(=N)N2O1. The second kappa shape index (κ2) is 7.57. The van der Waals surface area contributed by atoms with Crippen molar-refractivity contribution in [3.8, 4) is 5.75 Å². The number of hydrogen-bond acceptors (Lipinski definition) is 5. The van der Waals surface area contributed by atoms with Gasteiger partial charge < -0.3 is 9.57 Å². The van der Waals surface area contributed by atoms with Crippen LogP contribution in [-0.4, -0.2) is 28.6 Å². The van der Waals surface area contributed by atoms with E-state index in [2.05, 4.69) is 4.99 Å². The number of nitrogens with zero attached hydrogens (tertiary/aromatic N) is 2. The van der Waals surface area contributed by atoms with Gasteiger partial charge in [-0.15, -0.1) is 5.06 Å². The smallest absolute Gasteiger partial charge is 0.346 e. The minimum atomic E-state index is -0.888. The van der Waals surface area contributed by atoms with Crippen LogP contribution in [0.5, 0.6) is 5.75 Å². The molecule has 0 unspecified atom stereocenters. The molecule has 2 aromatic rings. The molecule has 0 fully saturated rings. The normalized spacial score (nSPS) is 16.8. The number of hydrogen-bond donors (Lipinski definition) is 1. The molecule has 2 aliphatic heterocycles. The third kappa shape index (κ3) is 3.60. The van der Waals surface area contributed by atoms with Gasteiger partial charge >= 0.3 is 5.97 Å². The number of ether oxygens (including phenoxy) is 1. The van der Waals surface area contributed by atoms with Crippen LogP contribution in [-0.2, 0) is 9.63 Å². The van der Waals surface area contributed by atoms with Gasteiger partial charge in [-0.1, -0.05) is 29.8 Å². The number of amidine groups is 2. The van der Waals surface area contributed by atoms with Crippen molar-refractivity contribution in [1.29, 1.82) is 5.41 Å². The molecule has 0 aromatic heterocycles. The van der Waals surface area contributed by atoms with Gasteiger partial charge in [0.15, 0.2) is 11.7 Å². The number of nitrogens with one attached hydrogen (secondary N) is 1. The Hall–Kier alpha value is -3.78. The van der Waals surface area contributed by atoms with Crippen molar-refractivity contribution < 1.29 is 23.6 Å². The van der Waals surface area contributed by atoms with E-state index >= 15 is 0 Å².